The summed E-state index contributed by atoms with van der Waals surface area (Å²) in [5, 5.41) is 27.2. The topological polar surface area (TPSA) is 127 Å². The predicted octanol–water partition coefficient (Wildman–Crippen LogP) is 3.30. The fourth-order valence-corrected chi connectivity index (χ4v) is 3.44. The van der Waals surface area contributed by atoms with Crippen LogP contribution in [0.25, 0.3) is 10.9 Å². The maximum atomic E-state index is 12.9. The third-order valence-corrected chi connectivity index (χ3v) is 4.96. The zero-order valence-corrected chi connectivity index (χ0v) is 17.5. The van der Waals surface area contributed by atoms with E-state index in [2.05, 4.69) is 15.6 Å². The third-order valence-electron chi connectivity index (χ3n) is 4.74. The molecule has 1 atom stereocenters. The van der Waals surface area contributed by atoms with Gasteiger partial charge in [-0.25, -0.2) is 4.90 Å². The van der Waals surface area contributed by atoms with E-state index in [0.717, 1.165) is 21.4 Å². The number of nitro groups is 1. The first-order valence-electron chi connectivity index (χ1n) is 9.51. The van der Waals surface area contributed by atoms with Crippen LogP contribution in [-0.4, -0.2) is 38.4 Å². The van der Waals surface area contributed by atoms with Gasteiger partial charge in [0.2, 0.25) is 0 Å². The van der Waals surface area contributed by atoms with Crippen molar-refractivity contribution in [2.24, 2.45) is 0 Å². The standard InChI is InChI=1S/C21H20N6O3S/c1-2-26(13-22)20(28)19(11-14-12-23-18-6-4-3-5-17(14)18)25-21(31)24-15-7-9-16(10-8-15)27(29)30/h3-10,12,19,23H,2,11H2,1H3,(H2,24,25,31). The van der Waals surface area contributed by atoms with Crippen molar-refractivity contribution in [3.05, 3.63) is 70.4 Å². The Hall–Kier alpha value is -3.97. The van der Waals surface area contributed by atoms with Crippen molar-refractivity contribution in [2.75, 3.05) is 11.9 Å². The number of nitrogens with zero attached hydrogens (tertiary/aromatic N) is 3. The third kappa shape index (κ3) is 5.15. The second-order valence-electron chi connectivity index (χ2n) is 6.70. The Morgan fingerprint density at radius 1 is 1.29 bits per heavy atom. The molecule has 0 bridgehead atoms. The van der Waals surface area contributed by atoms with Crippen molar-refractivity contribution < 1.29 is 9.72 Å². The van der Waals surface area contributed by atoms with Gasteiger partial charge >= 0.3 is 0 Å². The van der Waals surface area contributed by atoms with Crippen LogP contribution in [0, 0.1) is 21.6 Å². The van der Waals surface area contributed by atoms with Gasteiger partial charge in [-0.2, -0.15) is 5.26 Å². The molecule has 1 unspecified atom stereocenters. The van der Waals surface area contributed by atoms with Gasteiger partial charge in [0.25, 0.3) is 11.6 Å². The molecule has 0 fully saturated rings. The van der Waals surface area contributed by atoms with Crippen LogP contribution in [0.4, 0.5) is 11.4 Å². The molecule has 0 saturated carbocycles. The highest BCUT2D eigenvalue weighted by atomic mass is 32.1. The van der Waals surface area contributed by atoms with Crippen LogP contribution in [0.15, 0.2) is 54.7 Å². The SMILES string of the molecule is CCN(C#N)C(=O)C(Cc1c[nH]c2ccccc12)NC(=S)Nc1ccc([N+](=O)[O-])cc1. The van der Waals surface area contributed by atoms with E-state index in [1.165, 1.54) is 24.3 Å². The van der Waals surface area contributed by atoms with Gasteiger partial charge in [-0.15, -0.1) is 0 Å². The van der Waals surface area contributed by atoms with Crippen molar-refractivity contribution >= 4 is 45.5 Å². The van der Waals surface area contributed by atoms with Gasteiger partial charge in [-0.05, 0) is 42.9 Å². The van der Waals surface area contributed by atoms with Crippen LogP contribution in [0.3, 0.4) is 0 Å². The number of nitro benzene ring substituents is 1. The average molecular weight is 436 g/mol. The van der Waals surface area contributed by atoms with Crippen molar-refractivity contribution in [1.29, 1.82) is 5.26 Å². The Labute approximate surface area is 183 Å². The van der Waals surface area contributed by atoms with Crippen molar-refractivity contribution in [1.82, 2.24) is 15.2 Å². The van der Waals surface area contributed by atoms with E-state index in [0.29, 0.717) is 12.1 Å². The molecule has 3 aromatic rings. The highest BCUT2D eigenvalue weighted by molar-refractivity contribution is 7.80. The fourth-order valence-electron chi connectivity index (χ4n) is 3.18. The second-order valence-corrected chi connectivity index (χ2v) is 7.11. The molecule has 9 nitrogen and oxygen atoms in total. The maximum absolute atomic E-state index is 12.9. The predicted molar refractivity (Wildman–Crippen MR) is 121 cm³/mol. The van der Waals surface area contributed by atoms with E-state index in [1.807, 2.05) is 36.7 Å². The lowest BCUT2D eigenvalue weighted by Crippen LogP contribution is -2.49. The number of hydrogen-bond donors (Lipinski definition) is 3. The Bertz CT molecular complexity index is 1150. The van der Waals surface area contributed by atoms with Crippen LogP contribution in [0.1, 0.15) is 12.5 Å². The summed E-state index contributed by atoms with van der Waals surface area (Å²) >= 11 is 5.35. The summed E-state index contributed by atoms with van der Waals surface area (Å²) in [6.45, 7) is 1.96. The molecule has 0 saturated heterocycles. The van der Waals surface area contributed by atoms with Crippen LogP contribution in [0.5, 0.6) is 0 Å². The molecule has 10 heteroatoms. The molecule has 158 valence electrons. The molecule has 31 heavy (non-hydrogen) atoms. The summed E-state index contributed by atoms with van der Waals surface area (Å²) in [7, 11) is 0. The summed E-state index contributed by atoms with van der Waals surface area (Å²) in [6.07, 6.45) is 4.04. The van der Waals surface area contributed by atoms with Crippen molar-refractivity contribution in [2.45, 2.75) is 19.4 Å². The van der Waals surface area contributed by atoms with E-state index in [-0.39, 0.29) is 17.3 Å². The lowest BCUT2D eigenvalue weighted by molar-refractivity contribution is -0.384. The number of hydrogen-bond acceptors (Lipinski definition) is 5. The average Bonchev–Trinajstić information content (AvgIpc) is 3.17. The number of benzene rings is 2. The van der Waals surface area contributed by atoms with Crippen LogP contribution in [-0.2, 0) is 11.2 Å². The largest absolute Gasteiger partial charge is 0.361 e. The molecule has 0 aliphatic rings. The number of non-ortho nitro benzene ring substituents is 1. The minimum absolute atomic E-state index is 0.0376. The van der Waals surface area contributed by atoms with Gasteiger partial charge in [0, 0.05) is 47.9 Å². The van der Waals surface area contributed by atoms with Crippen molar-refractivity contribution in [3.63, 3.8) is 0 Å². The van der Waals surface area contributed by atoms with Crippen molar-refractivity contribution in [3.8, 4) is 6.19 Å². The van der Waals surface area contributed by atoms with Gasteiger partial charge in [0.05, 0.1) is 4.92 Å². The first kappa shape index (κ1) is 21.7. The first-order valence-corrected chi connectivity index (χ1v) is 9.91. The molecule has 0 spiro atoms. The normalized spacial score (nSPS) is 11.4. The number of nitriles is 1. The molecular weight excluding hydrogens is 416 g/mol. The zero-order chi connectivity index (χ0) is 22.4. The molecule has 1 heterocycles. The number of likely N-dealkylation sites (N-methyl/N-ethyl adjacent to an activating group) is 1. The number of carbonyl (C=O) groups excluding carboxylic acids is 1. The fraction of sp³-hybridized carbons (Fsp3) is 0.190. The Morgan fingerprint density at radius 3 is 2.65 bits per heavy atom. The summed E-state index contributed by atoms with van der Waals surface area (Å²) in [5.74, 6) is -0.400. The molecule has 3 rings (SSSR count). The number of amides is 1. The lowest BCUT2D eigenvalue weighted by atomic mass is 10.0. The second kappa shape index (κ2) is 9.69. The first-order chi connectivity index (χ1) is 14.9. The number of aromatic amines is 1. The van der Waals surface area contributed by atoms with Crippen LogP contribution < -0.4 is 10.6 Å². The van der Waals surface area contributed by atoms with E-state index in [4.69, 9.17) is 12.2 Å². The van der Waals surface area contributed by atoms with Gasteiger partial charge in [0.15, 0.2) is 11.3 Å². The van der Waals surface area contributed by atoms with Crippen LogP contribution in [0.2, 0.25) is 0 Å². The number of nitrogens with one attached hydrogen (secondary N) is 3. The molecular formula is C21H20N6O3S. The van der Waals surface area contributed by atoms with Gasteiger partial charge < -0.3 is 15.6 Å². The summed E-state index contributed by atoms with van der Waals surface area (Å²) in [4.78, 5) is 27.5. The molecule has 2 aromatic carbocycles. The highest BCUT2D eigenvalue weighted by Gasteiger charge is 2.26. The monoisotopic (exact) mass is 436 g/mol. The number of H-pyrrole nitrogens is 1. The number of anilines is 1. The number of para-hydroxylation sites is 1. The number of fused-ring (bicyclic) bond motifs is 1. The maximum Gasteiger partial charge on any atom is 0.269 e. The smallest absolute Gasteiger partial charge is 0.269 e. The number of carbonyl (C=O) groups is 1. The van der Waals surface area contributed by atoms with E-state index in [1.54, 1.807) is 6.92 Å². The Morgan fingerprint density at radius 2 is 2.00 bits per heavy atom. The highest BCUT2D eigenvalue weighted by Crippen LogP contribution is 2.20. The molecule has 1 amide bonds. The summed E-state index contributed by atoms with van der Waals surface area (Å²) in [6, 6.07) is 12.7. The van der Waals surface area contributed by atoms with E-state index in [9.17, 15) is 20.2 Å². The van der Waals surface area contributed by atoms with Crippen LogP contribution >= 0.6 is 12.2 Å². The minimum Gasteiger partial charge on any atom is -0.361 e. The Kier molecular flexibility index (Phi) is 6.79. The van der Waals surface area contributed by atoms with Gasteiger partial charge in [-0.3, -0.25) is 14.9 Å². The van der Waals surface area contributed by atoms with E-state index < -0.39 is 16.9 Å². The number of rotatable bonds is 7. The zero-order valence-electron chi connectivity index (χ0n) is 16.7. The molecule has 0 radical (unpaired) electrons. The minimum atomic E-state index is -0.781. The molecule has 0 aliphatic carbocycles. The molecule has 3 N–H and O–H groups in total. The summed E-state index contributed by atoms with van der Waals surface area (Å²) < 4.78 is 0. The van der Waals surface area contributed by atoms with E-state index >= 15 is 0 Å². The lowest BCUT2D eigenvalue weighted by Gasteiger charge is -2.23. The molecule has 0 aliphatic heterocycles. The summed E-state index contributed by atoms with van der Waals surface area (Å²) in [5.41, 5.74) is 2.36. The Balaban J connectivity index is 1.79. The van der Waals surface area contributed by atoms with Gasteiger partial charge in [-0.1, -0.05) is 18.2 Å². The quantitative estimate of drug-likeness (QED) is 0.170. The van der Waals surface area contributed by atoms with Gasteiger partial charge in [0.1, 0.15) is 6.04 Å². The number of thiocarbonyl (C=S) groups is 1. The molecule has 1 aromatic heterocycles. The number of aromatic nitrogens is 1.